The average Bonchev–Trinajstić information content (AvgIpc) is 2.86. The summed E-state index contributed by atoms with van der Waals surface area (Å²) in [5.41, 5.74) is 9.66. The molecule has 34 heavy (non-hydrogen) atoms. The number of amides is 2. The lowest BCUT2D eigenvalue weighted by molar-refractivity contribution is 0.0712. The normalized spacial score (nSPS) is 15.1. The first kappa shape index (κ1) is 23.2. The number of likely N-dealkylation sites (N-methyl/N-ethyl adjacent to an activating group) is 1. The molecule has 0 radical (unpaired) electrons. The Balaban J connectivity index is 1.51. The van der Waals surface area contributed by atoms with Crippen LogP contribution >= 0.6 is 0 Å². The highest BCUT2D eigenvalue weighted by Gasteiger charge is 2.22. The zero-order valence-electron chi connectivity index (χ0n) is 19.5. The van der Waals surface area contributed by atoms with Crippen molar-refractivity contribution in [2.24, 2.45) is 5.73 Å². The van der Waals surface area contributed by atoms with Crippen molar-refractivity contribution >= 4 is 23.5 Å². The van der Waals surface area contributed by atoms with Gasteiger partial charge < -0.3 is 16.0 Å². The minimum absolute atomic E-state index is 0.0358. The van der Waals surface area contributed by atoms with Gasteiger partial charge in [0.25, 0.3) is 5.91 Å². The van der Waals surface area contributed by atoms with Gasteiger partial charge in [0, 0.05) is 35.1 Å². The van der Waals surface area contributed by atoms with Crippen LogP contribution < -0.4 is 11.1 Å². The molecular formula is C27H29N5O2. The molecule has 7 heteroatoms. The summed E-state index contributed by atoms with van der Waals surface area (Å²) in [7, 11) is 0. The number of benzene rings is 2. The number of carbonyl (C=O) groups excluding carboxylic acids is 2. The summed E-state index contributed by atoms with van der Waals surface area (Å²) in [5, 5.41) is 3.19. The van der Waals surface area contributed by atoms with Crippen LogP contribution in [0.5, 0.6) is 0 Å². The molecule has 0 aliphatic heterocycles. The number of nitrogens with zero attached hydrogens (tertiary/aromatic N) is 3. The number of allylic oxidation sites excluding steroid dienone is 1. The minimum atomic E-state index is -0.470. The predicted octanol–water partition coefficient (Wildman–Crippen LogP) is 4.87. The number of aromatic nitrogens is 2. The van der Waals surface area contributed by atoms with Crippen LogP contribution in [-0.4, -0.2) is 39.3 Å². The Hall–Kier alpha value is -4.00. The van der Waals surface area contributed by atoms with Gasteiger partial charge in [-0.2, -0.15) is 0 Å². The second-order valence-corrected chi connectivity index (χ2v) is 8.33. The Morgan fingerprint density at radius 1 is 1.15 bits per heavy atom. The highest BCUT2D eigenvalue weighted by Crippen LogP contribution is 2.25. The fourth-order valence-electron chi connectivity index (χ4n) is 4.32. The Kier molecular flexibility index (Phi) is 7.01. The molecule has 1 aliphatic carbocycles. The van der Waals surface area contributed by atoms with Gasteiger partial charge in [0.05, 0.1) is 11.7 Å². The van der Waals surface area contributed by atoms with Gasteiger partial charge in [-0.3, -0.25) is 9.59 Å². The van der Waals surface area contributed by atoms with Gasteiger partial charge >= 0.3 is 0 Å². The molecule has 3 aromatic rings. The molecule has 1 unspecified atom stereocenters. The van der Waals surface area contributed by atoms with Crippen LogP contribution in [0.1, 0.15) is 52.5 Å². The third kappa shape index (κ3) is 4.98. The summed E-state index contributed by atoms with van der Waals surface area (Å²) in [6.07, 6.45) is 9.17. The zero-order valence-corrected chi connectivity index (χ0v) is 19.5. The van der Waals surface area contributed by atoms with Crippen LogP contribution in [0.4, 0.5) is 11.6 Å². The van der Waals surface area contributed by atoms with Crippen LogP contribution in [0.2, 0.25) is 0 Å². The smallest absolute Gasteiger partial charge is 0.254 e. The molecular weight excluding hydrogens is 426 g/mol. The number of anilines is 2. The maximum absolute atomic E-state index is 13.1. The topological polar surface area (TPSA) is 101 Å². The first-order valence-electron chi connectivity index (χ1n) is 11.6. The van der Waals surface area contributed by atoms with Crippen LogP contribution in [0, 0.1) is 6.92 Å². The monoisotopic (exact) mass is 455 g/mol. The molecule has 7 nitrogen and oxygen atoms in total. The molecule has 1 atom stereocenters. The Labute approximate surface area is 199 Å². The van der Waals surface area contributed by atoms with E-state index < -0.39 is 5.91 Å². The number of nitrogens with two attached hydrogens (primary N) is 1. The molecule has 174 valence electrons. The molecule has 0 bridgehead atoms. The van der Waals surface area contributed by atoms with Gasteiger partial charge in [0.2, 0.25) is 11.9 Å². The van der Waals surface area contributed by atoms with Gasteiger partial charge in [-0.1, -0.05) is 24.3 Å². The highest BCUT2D eigenvalue weighted by molar-refractivity contribution is 5.96. The van der Waals surface area contributed by atoms with Gasteiger partial charge in [0.1, 0.15) is 0 Å². The average molecular weight is 456 g/mol. The Bertz CT molecular complexity index is 1220. The molecule has 4 rings (SSSR count). The van der Waals surface area contributed by atoms with Crippen molar-refractivity contribution < 1.29 is 9.59 Å². The van der Waals surface area contributed by atoms with Crippen molar-refractivity contribution in [2.75, 3.05) is 11.9 Å². The van der Waals surface area contributed by atoms with E-state index in [2.05, 4.69) is 27.4 Å². The molecule has 0 spiro atoms. The SMILES string of the molecule is CCN(C(=O)c1ccc(Nc2nccc(-c3cccc(C(N)=O)c3C)n2)cc1)C1C=CCCC1. The van der Waals surface area contributed by atoms with Crippen molar-refractivity contribution in [3.05, 3.63) is 83.6 Å². The van der Waals surface area contributed by atoms with E-state index in [4.69, 9.17) is 5.73 Å². The number of carbonyl (C=O) groups is 2. The Morgan fingerprint density at radius 3 is 2.62 bits per heavy atom. The number of rotatable bonds is 7. The number of nitrogens with one attached hydrogen (secondary N) is 1. The molecule has 1 heterocycles. The highest BCUT2D eigenvalue weighted by atomic mass is 16.2. The fourth-order valence-corrected chi connectivity index (χ4v) is 4.32. The number of hydrogen-bond acceptors (Lipinski definition) is 5. The third-order valence-corrected chi connectivity index (χ3v) is 6.15. The van der Waals surface area contributed by atoms with Crippen molar-refractivity contribution in [1.29, 1.82) is 0 Å². The quantitative estimate of drug-likeness (QED) is 0.495. The minimum Gasteiger partial charge on any atom is -0.366 e. The van der Waals surface area contributed by atoms with Crippen molar-refractivity contribution in [2.45, 2.75) is 39.2 Å². The molecule has 3 N–H and O–H groups in total. The van der Waals surface area contributed by atoms with E-state index in [1.165, 1.54) is 0 Å². The summed E-state index contributed by atoms with van der Waals surface area (Å²) in [4.78, 5) is 35.6. The standard InChI is InChI=1S/C27H29N5O2/c1-3-32(21-8-5-4-6-9-21)26(34)19-12-14-20(15-13-19)30-27-29-17-16-24(31-27)22-10-7-11-23(18(22)2)25(28)33/h5,7-8,10-17,21H,3-4,6,9H2,1-2H3,(H2,28,33)(H,29,30,31). The van der Waals surface area contributed by atoms with E-state index in [-0.39, 0.29) is 11.9 Å². The van der Waals surface area contributed by atoms with Crippen molar-refractivity contribution in [3.63, 3.8) is 0 Å². The molecule has 1 aromatic heterocycles. The maximum atomic E-state index is 13.1. The number of hydrogen-bond donors (Lipinski definition) is 2. The summed E-state index contributed by atoms with van der Waals surface area (Å²) < 4.78 is 0. The van der Waals surface area contributed by atoms with E-state index in [0.29, 0.717) is 29.3 Å². The molecule has 0 saturated carbocycles. The van der Waals surface area contributed by atoms with Gasteiger partial charge in [0.15, 0.2) is 0 Å². The van der Waals surface area contributed by atoms with Crippen LogP contribution in [0.15, 0.2) is 66.9 Å². The van der Waals surface area contributed by atoms with E-state index in [9.17, 15) is 9.59 Å². The second-order valence-electron chi connectivity index (χ2n) is 8.33. The van der Waals surface area contributed by atoms with Crippen LogP contribution in [0.25, 0.3) is 11.3 Å². The number of primary amides is 1. The molecule has 0 saturated heterocycles. The maximum Gasteiger partial charge on any atom is 0.254 e. The predicted molar refractivity (Wildman–Crippen MR) is 134 cm³/mol. The fraction of sp³-hybridized carbons (Fsp3) is 0.259. The first-order chi connectivity index (χ1) is 16.5. The lowest BCUT2D eigenvalue weighted by Gasteiger charge is -2.30. The van der Waals surface area contributed by atoms with Crippen molar-refractivity contribution in [1.82, 2.24) is 14.9 Å². The van der Waals surface area contributed by atoms with Gasteiger partial charge in [-0.05, 0) is 75.1 Å². The van der Waals surface area contributed by atoms with E-state index in [1.54, 1.807) is 24.4 Å². The Morgan fingerprint density at radius 2 is 1.94 bits per heavy atom. The summed E-state index contributed by atoms with van der Waals surface area (Å²) in [5.74, 6) is -0.0147. The molecule has 0 fully saturated rings. The summed E-state index contributed by atoms with van der Waals surface area (Å²) in [6, 6.07) is 14.7. The summed E-state index contributed by atoms with van der Waals surface area (Å²) >= 11 is 0. The van der Waals surface area contributed by atoms with E-state index in [1.807, 2.05) is 49.1 Å². The lowest BCUT2D eigenvalue weighted by Crippen LogP contribution is -2.39. The largest absolute Gasteiger partial charge is 0.366 e. The third-order valence-electron chi connectivity index (χ3n) is 6.15. The van der Waals surface area contributed by atoms with Gasteiger partial charge in [-0.25, -0.2) is 9.97 Å². The molecule has 2 amide bonds. The zero-order chi connectivity index (χ0) is 24.1. The first-order valence-corrected chi connectivity index (χ1v) is 11.6. The van der Waals surface area contributed by atoms with Crippen LogP contribution in [0.3, 0.4) is 0 Å². The van der Waals surface area contributed by atoms with Crippen LogP contribution in [-0.2, 0) is 0 Å². The van der Waals surface area contributed by atoms with E-state index >= 15 is 0 Å². The van der Waals surface area contributed by atoms with E-state index in [0.717, 1.165) is 36.1 Å². The molecule has 1 aliphatic rings. The van der Waals surface area contributed by atoms with Crippen molar-refractivity contribution in [3.8, 4) is 11.3 Å². The summed E-state index contributed by atoms with van der Waals surface area (Å²) in [6.45, 7) is 4.54. The molecule has 2 aromatic carbocycles. The lowest BCUT2D eigenvalue weighted by atomic mass is 9.99. The van der Waals surface area contributed by atoms with Gasteiger partial charge in [-0.15, -0.1) is 0 Å². The second kappa shape index (κ2) is 10.3.